The molecule has 0 radical (unpaired) electrons. The molecule has 0 atom stereocenters. The van der Waals surface area contributed by atoms with Crippen molar-refractivity contribution in [3.8, 4) is 0 Å². The number of hydrogen-bond acceptors (Lipinski definition) is 0. The van der Waals surface area contributed by atoms with Crippen molar-refractivity contribution in [2.75, 3.05) is 0 Å². The first-order chi connectivity index (χ1) is 3.00. The second-order valence-electron chi connectivity index (χ2n) is 1.15. The van der Waals surface area contributed by atoms with Gasteiger partial charge in [0.15, 0.2) is 0 Å². The Hall–Kier alpha value is -0.611. The van der Waals surface area contributed by atoms with Gasteiger partial charge in [0.2, 0.25) is 0 Å². The van der Waals surface area contributed by atoms with Gasteiger partial charge in [0.25, 0.3) is 0 Å². The molecule has 0 aromatic rings. The van der Waals surface area contributed by atoms with Gasteiger partial charge in [-0.1, -0.05) is 0 Å². The summed E-state index contributed by atoms with van der Waals surface area (Å²) in [5, 5.41) is 0. The van der Waals surface area contributed by atoms with Gasteiger partial charge in [-0.05, 0) is 0 Å². The summed E-state index contributed by atoms with van der Waals surface area (Å²) in [5.74, 6) is 0. The van der Waals surface area contributed by atoms with Crippen molar-refractivity contribution < 1.29 is 0 Å². The molecule has 0 aromatic heterocycles. The van der Waals surface area contributed by atoms with Crippen LogP contribution in [0, 0.1) is 12.8 Å². The SMILES string of the molecule is C1=C[CH-]1.C1=C[CH-]1.[Be+2]. The van der Waals surface area contributed by atoms with Gasteiger partial charge in [-0.3, -0.25) is 37.1 Å². The first-order valence-electron chi connectivity index (χ1n) is 2.00. The predicted octanol–water partition coefficient (Wildman–Crippen LogP) is 1.14. The Balaban J connectivity index is 0.0000000900. The van der Waals surface area contributed by atoms with E-state index in [4.69, 9.17) is 0 Å². The van der Waals surface area contributed by atoms with Gasteiger partial charge in [-0.25, -0.2) is 0 Å². The maximum absolute atomic E-state index is 2.00. The van der Waals surface area contributed by atoms with E-state index in [-0.39, 0.29) is 10.1 Å². The summed E-state index contributed by atoms with van der Waals surface area (Å²) in [6.45, 7) is 0. The van der Waals surface area contributed by atoms with Gasteiger partial charge in [-0.15, -0.1) is 0 Å². The van der Waals surface area contributed by atoms with E-state index in [9.17, 15) is 0 Å². The van der Waals surface area contributed by atoms with E-state index >= 15 is 0 Å². The molecular weight excluding hydrogens is 81.1 g/mol. The van der Waals surface area contributed by atoms with E-state index < -0.39 is 0 Å². The average molecular weight is 87.1 g/mol. The normalized spacial score (nSPS) is 13.7. The third-order valence-corrected chi connectivity index (χ3v) is 0.385. The second kappa shape index (κ2) is 3.57. The first-order valence-corrected chi connectivity index (χ1v) is 2.00. The minimum Gasteiger partial charge on any atom is -0.281 e. The zero-order valence-electron chi connectivity index (χ0n) is 4.17. The predicted molar refractivity (Wildman–Crippen MR) is 32.6 cm³/mol. The summed E-state index contributed by atoms with van der Waals surface area (Å²) in [5.41, 5.74) is 0. The molecule has 0 saturated carbocycles. The molecule has 0 unspecified atom stereocenters. The van der Waals surface area contributed by atoms with Gasteiger partial charge in [0.05, 0.1) is 0 Å². The minimum absolute atomic E-state index is 0. The topological polar surface area (TPSA) is 0 Å². The van der Waals surface area contributed by atoms with Crippen LogP contribution in [0.5, 0.6) is 0 Å². The maximum Gasteiger partial charge on any atom is 2.00 e. The Morgan fingerprint density at radius 3 is 0.857 bits per heavy atom. The zero-order valence-corrected chi connectivity index (χ0v) is 4.17. The summed E-state index contributed by atoms with van der Waals surface area (Å²) in [6.07, 6.45) is 12.0. The van der Waals surface area contributed by atoms with Gasteiger partial charge >= 0.3 is 10.1 Å². The third kappa shape index (κ3) is 32.1. The zero-order chi connectivity index (χ0) is 4.24. The van der Waals surface area contributed by atoms with E-state index in [1.54, 1.807) is 0 Å². The van der Waals surface area contributed by atoms with E-state index in [0.29, 0.717) is 0 Å². The molecule has 0 saturated heterocycles. The quantitative estimate of drug-likeness (QED) is 0.307. The molecule has 0 N–H and O–H groups in total. The number of rotatable bonds is 0. The molecule has 0 spiro atoms. The molecule has 0 nitrogen and oxygen atoms in total. The Bertz CT molecular complexity index is 62.2. The minimum atomic E-state index is 0. The van der Waals surface area contributed by atoms with Crippen molar-refractivity contribution in [2.45, 2.75) is 0 Å². The standard InChI is InChI=1S/2C3H3.Be/c2*1-2-3-1;/h2*1-3H;/q2*-1;+2. The number of allylic oxidation sites excluding steroid dienone is 4. The number of hydrogen-bond donors (Lipinski definition) is 0. The summed E-state index contributed by atoms with van der Waals surface area (Å²) in [6, 6.07) is 0. The Morgan fingerprint density at radius 2 is 0.857 bits per heavy atom. The molecule has 0 bridgehead atoms. The van der Waals surface area contributed by atoms with Gasteiger partial charge in [0.1, 0.15) is 0 Å². The Kier molecular flexibility index (Phi) is 3.26. The molecule has 32 valence electrons. The van der Waals surface area contributed by atoms with Gasteiger partial charge in [0, 0.05) is 0 Å². The van der Waals surface area contributed by atoms with E-state index in [2.05, 4.69) is 0 Å². The fraction of sp³-hybridized carbons (Fsp3) is 0. The van der Waals surface area contributed by atoms with Crippen molar-refractivity contribution in [1.82, 2.24) is 0 Å². The fourth-order valence-corrected chi connectivity index (χ4v) is 0. The molecule has 2 aliphatic carbocycles. The molecule has 0 aromatic carbocycles. The van der Waals surface area contributed by atoms with Crippen LogP contribution in [0.3, 0.4) is 0 Å². The van der Waals surface area contributed by atoms with E-state index in [1.807, 2.05) is 37.1 Å². The van der Waals surface area contributed by atoms with Crippen molar-refractivity contribution >= 4 is 10.1 Å². The summed E-state index contributed by atoms with van der Waals surface area (Å²) < 4.78 is 0. The molecule has 2 rings (SSSR count). The van der Waals surface area contributed by atoms with Gasteiger partial charge in [-0.2, -0.15) is 0 Å². The molecule has 0 aliphatic heterocycles. The van der Waals surface area contributed by atoms with Crippen LogP contribution in [-0.2, 0) is 0 Å². The molecule has 0 amide bonds. The average Bonchev–Trinajstić information content (AvgIpc) is 2.31. The third-order valence-electron chi connectivity index (χ3n) is 0.385. The molecule has 2 aliphatic rings. The smallest absolute Gasteiger partial charge is 0.281 e. The van der Waals surface area contributed by atoms with E-state index in [1.165, 1.54) is 0 Å². The van der Waals surface area contributed by atoms with Crippen LogP contribution in [0.15, 0.2) is 24.3 Å². The van der Waals surface area contributed by atoms with Crippen molar-refractivity contribution in [3.63, 3.8) is 0 Å². The van der Waals surface area contributed by atoms with Crippen LogP contribution >= 0.6 is 0 Å². The molecular formula is C6H6Be. The Morgan fingerprint density at radius 1 is 0.714 bits per heavy atom. The van der Waals surface area contributed by atoms with Crippen molar-refractivity contribution in [2.24, 2.45) is 0 Å². The molecule has 0 fully saturated rings. The van der Waals surface area contributed by atoms with Crippen molar-refractivity contribution in [3.05, 3.63) is 37.1 Å². The summed E-state index contributed by atoms with van der Waals surface area (Å²) in [7, 11) is 0. The molecule has 1 heteroatoms. The van der Waals surface area contributed by atoms with Crippen LogP contribution < -0.4 is 0 Å². The van der Waals surface area contributed by atoms with E-state index in [0.717, 1.165) is 0 Å². The summed E-state index contributed by atoms with van der Waals surface area (Å²) >= 11 is 0. The van der Waals surface area contributed by atoms with Crippen LogP contribution in [0.4, 0.5) is 0 Å². The van der Waals surface area contributed by atoms with Crippen LogP contribution in [0.1, 0.15) is 0 Å². The Labute approximate surface area is 48.1 Å². The van der Waals surface area contributed by atoms with Crippen molar-refractivity contribution in [1.29, 1.82) is 0 Å². The second-order valence-corrected chi connectivity index (χ2v) is 1.15. The first kappa shape index (κ1) is 6.39. The molecule has 0 heterocycles. The van der Waals surface area contributed by atoms with Crippen LogP contribution in [0.25, 0.3) is 0 Å². The monoisotopic (exact) mass is 87.1 g/mol. The fourth-order valence-electron chi connectivity index (χ4n) is 0. The van der Waals surface area contributed by atoms with Crippen LogP contribution in [0.2, 0.25) is 0 Å². The van der Waals surface area contributed by atoms with Gasteiger partial charge < -0.3 is 0 Å². The largest absolute Gasteiger partial charge is 2.00 e. The summed E-state index contributed by atoms with van der Waals surface area (Å²) in [4.78, 5) is 0. The molecule has 7 heavy (non-hydrogen) atoms. The maximum atomic E-state index is 2.00. The van der Waals surface area contributed by atoms with Crippen LogP contribution in [-0.4, -0.2) is 10.1 Å².